The number of para-hydroxylation sites is 2. The van der Waals surface area contributed by atoms with E-state index in [9.17, 15) is 4.79 Å². The minimum absolute atomic E-state index is 0.000460. The molecule has 0 saturated heterocycles. The third kappa shape index (κ3) is 2.01. The van der Waals surface area contributed by atoms with Crippen LogP contribution < -0.4 is 9.47 Å². The van der Waals surface area contributed by atoms with Crippen LogP contribution >= 0.6 is 0 Å². The number of rotatable bonds is 3. The fraction of sp³-hybridized carbons (Fsp3) is 0.250. The lowest BCUT2D eigenvalue weighted by Gasteiger charge is -2.25. The summed E-state index contributed by atoms with van der Waals surface area (Å²) in [6.07, 6.45) is 1.39. The Morgan fingerprint density at radius 2 is 2.20 bits per heavy atom. The Bertz CT molecular complexity index is 384. The first-order valence-corrected chi connectivity index (χ1v) is 4.83. The molecule has 1 aromatic carbocycles. The van der Waals surface area contributed by atoms with Crippen LogP contribution in [0.2, 0.25) is 0 Å². The maximum atomic E-state index is 11.5. The van der Waals surface area contributed by atoms with E-state index in [1.807, 2.05) is 18.2 Å². The molecule has 0 amide bonds. The second-order valence-corrected chi connectivity index (χ2v) is 3.32. The summed E-state index contributed by atoms with van der Waals surface area (Å²) in [5.41, 5.74) is 0. The standard InChI is InChI=1S/C12H12O3/c1-2-5-9(13)12-8-14-10-6-3-4-7-11(10)15-12/h2-4,6-7,12H,1,5,8H2. The van der Waals surface area contributed by atoms with Crippen molar-refractivity contribution >= 4 is 5.78 Å². The highest BCUT2D eigenvalue weighted by Gasteiger charge is 2.25. The zero-order valence-corrected chi connectivity index (χ0v) is 8.31. The van der Waals surface area contributed by atoms with Crippen molar-refractivity contribution in [3.05, 3.63) is 36.9 Å². The molecule has 2 rings (SSSR count). The van der Waals surface area contributed by atoms with Crippen LogP contribution in [0, 0.1) is 0 Å². The van der Waals surface area contributed by atoms with Gasteiger partial charge in [-0.2, -0.15) is 0 Å². The van der Waals surface area contributed by atoms with Gasteiger partial charge in [0.2, 0.25) is 0 Å². The Hall–Kier alpha value is -1.77. The molecule has 1 unspecified atom stereocenters. The molecule has 0 N–H and O–H groups in total. The first-order chi connectivity index (χ1) is 7.31. The molecule has 3 nitrogen and oxygen atoms in total. The van der Waals surface area contributed by atoms with Crippen molar-refractivity contribution < 1.29 is 14.3 Å². The molecule has 0 bridgehead atoms. The molecule has 0 saturated carbocycles. The molecular weight excluding hydrogens is 192 g/mol. The highest BCUT2D eigenvalue weighted by molar-refractivity contribution is 5.85. The minimum atomic E-state index is -0.502. The van der Waals surface area contributed by atoms with Gasteiger partial charge in [0.25, 0.3) is 0 Å². The van der Waals surface area contributed by atoms with Gasteiger partial charge < -0.3 is 9.47 Å². The van der Waals surface area contributed by atoms with Crippen molar-refractivity contribution in [3.8, 4) is 11.5 Å². The van der Waals surface area contributed by atoms with E-state index in [1.165, 1.54) is 0 Å². The molecule has 1 aliphatic rings. The first kappa shape index (κ1) is 9.77. The van der Waals surface area contributed by atoms with Crippen LogP contribution in [0.5, 0.6) is 11.5 Å². The number of hydrogen-bond acceptors (Lipinski definition) is 3. The molecule has 3 heteroatoms. The van der Waals surface area contributed by atoms with E-state index in [1.54, 1.807) is 12.1 Å². The molecule has 0 radical (unpaired) electrons. The maximum absolute atomic E-state index is 11.5. The molecular formula is C12H12O3. The Balaban J connectivity index is 2.11. The van der Waals surface area contributed by atoms with Crippen molar-refractivity contribution in [2.75, 3.05) is 6.61 Å². The van der Waals surface area contributed by atoms with Gasteiger partial charge in [0, 0.05) is 6.42 Å². The predicted octanol–water partition coefficient (Wildman–Crippen LogP) is 1.97. The van der Waals surface area contributed by atoms with Crippen LogP contribution in [-0.4, -0.2) is 18.5 Å². The van der Waals surface area contributed by atoms with Crippen molar-refractivity contribution in [3.63, 3.8) is 0 Å². The van der Waals surface area contributed by atoms with Gasteiger partial charge in [-0.3, -0.25) is 4.79 Å². The van der Waals surface area contributed by atoms with E-state index >= 15 is 0 Å². The van der Waals surface area contributed by atoms with E-state index < -0.39 is 6.10 Å². The molecule has 0 aliphatic carbocycles. The zero-order valence-electron chi connectivity index (χ0n) is 8.31. The maximum Gasteiger partial charge on any atom is 0.191 e. The molecule has 1 heterocycles. The molecule has 1 aromatic rings. The normalized spacial score (nSPS) is 18.3. The summed E-state index contributed by atoms with van der Waals surface area (Å²) in [6, 6.07) is 7.34. The second-order valence-electron chi connectivity index (χ2n) is 3.32. The number of carbonyl (C=O) groups is 1. The summed E-state index contributed by atoms with van der Waals surface area (Å²) in [5, 5.41) is 0. The minimum Gasteiger partial charge on any atom is -0.485 e. The number of benzene rings is 1. The highest BCUT2D eigenvalue weighted by atomic mass is 16.6. The number of fused-ring (bicyclic) bond motifs is 1. The average molecular weight is 204 g/mol. The third-order valence-electron chi connectivity index (χ3n) is 2.21. The Kier molecular flexibility index (Phi) is 2.72. The SMILES string of the molecule is C=CCC(=O)C1COc2ccccc2O1. The topological polar surface area (TPSA) is 35.5 Å². The largest absolute Gasteiger partial charge is 0.485 e. The van der Waals surface area contributed by atoms with Gasteiger partial charge in [0.1, 0.15) is 6.61 Å². The summed E-state index contributed by atoms with van der Waals surface area (Å²) >= 11 is 0. The summed E-state index contributed by atoms with van der Waals surface area (Å²) in [5.74, 6) is 1.32. The lowest BCUT2D eigenvalue weighted by atomic mass is 10.1. The van der Waals surface area contributed by atoms with Gasteiger partial charge in [-0.1, -0.05) is 18.2 Å². The van der Waals surface area contributed by atoms with Crippen molar-refractivity contribution in [1.82, 2.24) is 0 Å². The molecule has 0 spiro atoms. The molecule has 1 aliphatic heterocycles. The number of hydrogen-bond donors (Lipinski definition) is 0. The zero-order chi connectivity index (χ0) is 10.7. The number of Topliss-reactive ketones (excluding diaryl/α,β-unsaturated/α-hetero) is 1. The lowest BCUT2D eigenvalue weighted by molar-refractivity contribution is -0.127. The molecule has 15 heavy (non-hydrogen) atoms. The number of ketones is 1. The van der Waals surface area contributed by atoms with Crippen LogP contribution in [0.25, 0.3) is 0 Å². The summed E-state index contributed by atoms with van der Waals surface area (Å²) < 4.78 is 10.9. The molecule has 78 valence electrons. The highest BCUT2D eigenvalue weighted by Crippen LogP contribution is 2.31. The van der Waals surface area contributed by atoms with Crippen LogP contribution in [0.3, 0.4) is 0 Å². The predicted molar refractivity (Wildman–Crippen MR) is 56.2 cm³/mol. The quantitative estimate of drug-likeness (QED) is 0.706. The van der Waals surface area contributed by atoms with Gasteiger partial charge in [0.15, 0.2) is 23.4 Å². The fourth-order valence-corrected chi connectivity index (χ4v) is 1.45. The van der Waals surface area contributed by atoms with Gasteiger partial charge >= 0.3 is 0 Å². The Labute approximate surface area is 88.3 Å². The van der Waals surface area contributed by atoms with Crippen molar-refractivity contribution in [2.24, 2.45) is 0 Å². The van der Waals surface area contributed by atoms with Crippen LogP contribution in [0.4, 0.5) is 0 Å². The van der Waals surface area contributed by atoms with Gasteiger partial charge in [-0.25, -0.2) is 0 Å². The van der Waals surface area contributed by atoms with Crippen LogP contribution in [0.15, 0.2) is 36.9 Å². The summed E-state index contributed by atoms with van der Waals surface area (Å²) in [4.78, 5) is 11.5. The van der Waals surface area contributed by atoms with Gasteiger partial charge in [0.05, 0.1) is 0 Å². The number of allylic oxidation sites excluding steroid dienone is 1. The van der Waals surface area contributed by atoms with Crippen molar-refractivity contribution in [2.45, 2.75) is 12.5 Å². The third-order valence-corrected chi connectivity index (χ3v) is 2.21. The monoisotopic (exact) mass is 204 g/mol. The smallest absolute Gasteiger partial charge is 0.191 e. The summed E-state index contributed by atoms with van der Waals surface area (Å²) in [6.45, 7) is 3.80. The number of carbonyl (C=O) groups excluding carboxylic acids is 1. The van der Waals surface area contributed by atoms with E-state index in [0.717, 1.165) is 0 Å². The van der Waals surface area contributed by atoms with E-state index in [2.05, 4.69) is 6.58 Å². The van der Waals surface area contributed by atoms with Gasteiger partial charge in [-0.05, 0) is 12.1 Å². The van der Waals surface area contributed by atoms with Crippen LogP contribution in [0.1, 0.15) is 6.42 Å². The molecule has 1 atom stereocenters. The van der Waals surface area contributed by atoms with E-state index in [0.29, 0.717) is 17.9 Å². The van der Waals surface area contributed by atoms with Crippen molar-refractivity contribution in [1.29, 1.82) is 0 Å². The Morgan fingerprint density at radius 1 is 1.47 bits per heavy atom. The molecule has 0 fully saturated rings. The van der Waals surface area contributed by atoms with Gasteiger partial charge in [-0.15, -0.1) is 6.58 Å². The molecule has 0 aromatic heterocycles. The Morgan fingerprint density at radius 3 is 2.93 bits per heavy atom. The summed E-state index contributed by atoms with van der Waals surface area (Å²) in [7, 11) is 0. The fourth-order valence-electron chi connectivity index (χ4n) is 1.45. The second kappa shape index (κ2) is 4.17. The first-order valence-electron chi connectivity index (χ1n) is 4.83. The number of ether oxygens (including phenoxy) is 2. The van der Waals surface area contributed by atoms with Crippen LogP contribution in [-0.2, 0) is 4.79 Å². The average Bonchev–Trinajstić information content (AvgIpc) is 2.29. The van der Waals surface area contributed by atoms with E-state index in [-0.39, 0.29) is 12.4 Å². The van der Waals surface area contributed by atoms with E-state index in [4.69, 9.17) is 9.47 Å². The lowest BCUT2D eigenvalue weighted by Crippen LogP contribution is -2.36.